The summed E-state index contributed by atoms with van der Waals surface area (Å²) >= 11 is 0. The molecule has 0 atom stereocenters. The molecule has 102 valence electrons. The molecule has 2 aromatic rings. The lowest BCUT2D eigenvalue weighted by molar-refractivity contribution is 0.321. The molecule has 2 rings (SSSR count). The molecule has 19 heavy (non-hydrogen) atoms. The first-order valence-corrected chi connectivity index (χ1v) is 6.56. The van der Waals surface area contributed by atoms with E-state index in [4.69, 9.17) is 5.73 Å². The van der Waals surface area contributed by atoms with Crippen molar-refractivity contribution in [2.45, 2.75) is 33.2 Å². The fourth-order valence-corrected chi connectivity index (χ4v) is 1.98. The van der Waals surface area contributed by atoms with Crippen LogP contribution in [0.2, 0.25) is 0 Å². The van der Waals surface area contributed by atoms with E-state index in [2.05, 4.69) is 24.2 Å². The van der Waals surface area contributed by atoms with E-state index < -0.39 is 0 Å². The van der Waals surface area contributed by atoms with Gasteiger partial charge in [-0.05, 0) is 36.9 Å². The van der Waals surface area contributed by atoms with E-state index in [9.17, 15) is 4.79 Å². The zero-order valence-electron chi connectivity index (χ0n) is 11.5. The van der Waals surface area contributed by atoms with Crippen molar-refractivity contribution in [3.8, 4) is 0 Å². The Morgan fingerprint density at radius 2 is 2.05 bits per heavy atom. The highest BCUT2D eigenvalue weighted by atomic mass is 16.1. The lowest BCUT2D eigenvalue weighted by Crippen LogP contribution is -2.27. The Morgan fingerprint density at radius 1 is 1.32 bits per heavy atom. The fraction of sp³-hybridized carbons (Fsp3) is 0.500. The third kappa shape index (κ3) is 3.17. The molecule has 0 fully saturated rings. The molecule has 0 saturated heterocycles. The summed E-state index contributed by atoms with van der Waals surface area (Å²) in [5.74, 6) is 0. The van der Waals surface area contributed by atoms with E-state index in [0.717, 1.165) is 12.8 Å². The van der Waals surface area contributed by atoms with Crippen molar-refractivity contribution >= 4 is 10.9 Å². The van der Waals surface area contributed by atoms with E-state index in [1.165, 1.54) is 4.68 Å². The molecule has 0 aliphatic carbocycles. The Morgan fingerprint density at radius 3 is 2.79 bits per heavy atom. The van der Waals surface area contributed by atoms with Gasteiger partial charge < -0.3 is 5.73 Å². The quantitative estimate of drug-likeness (QED) is 0.885. The number of aromatic nitrogens is 3. The monoisotopic (exact) mass is 260 g/mol. The number of nitrogens with two attached hydrogens (primary N) is 1. The summed E-state index contributed by atoms with van der Waals surface area (Å²) in [5.41, 5.74) is 6.37. The fourth-order valence-electron chi connectivity index (χ4n) is 1.98. The van der Waals surface area contributed by atoms with Crippen molar-refractivity contribution in [1.29, 1.82) is 0 Å². The second-order valence-electron chi connectivity index (χ2n) is 5.61. The summed E-state index contributed by atoms with van der Waals surface area (Å²) in [5, 5.41) is 8.66. The van der Waals surface area contributed by atoms with Gasteiger partial charge in [-0.3, -0.25) is 4.79 Å². The Labute approximate surface area is 112 Å². The van der Waals surface area contributed by atoms with Gasteiger partial charge in [-0.1, -0.05) is 31.2 Å². The van der Waals surface area contributed by atoms with E-state index in [1.807, 2.05) is 12.1 Å². The van der Waals surface area contributed by atoms with Gasteiger partial charge in [0.15, 0.2) is 0 Å². The van der Waals surface area contributed by atoms with E-state index in [-0.39, 0.29) is 11.0 Å². The third-order valence-electron chi connectivity index (χ3n) is 3.41. The van der Waals surface area contributed by atoms with Gasteiger partial charge in [0, 0.05) is 6.54 Å². The normalized spacial score (nSPS) is 11.9. The maximum atomic E-state index is 12.2. The highest BCUT2D eigenvalue weighted by molar-refractivity contribution is 5.76. The number of fused-ring (bicyclic) bond motifs is 1. The van der Waals surface area contributed by atoms with Crippen LogP contribution >= 0.6 is 0 Å². The topological polar surface area (TPSA) is 73.8 Å². The molecule has 0 aliphatic heterocycles. The van der Waals surface area contributed by atoms with Crippen molar-refractivity contribution in [3.05, 3.63) is 34.6 Å². The maximum Gasteiger partial charge on any atom is 0.277 e. The first-order chi connectivity index (χ1) is 9.03. The highest BCUT2D eigenvalue weighted by Crippen LogP contribution is 2.20. The summed E-state index contributed by atoms with van der Waals surface area (Å²) in [6.07, 6.45) is 1.83. The second-order valence-corrected chi connectivity index (χ2v) is 5.61. The first-order valence-electron chi connectivity index (χ1n) is 6.56. The molecule has 0 unspecified atom stereocenters. The first kappa shape index (κ1) is 13.7. The van der Waals surface area contributed by atoms with Crippen LogP contribution in [0.5, 0.6) is 0 Å². The molecule has 1 aromatic heterocycles. The van der Waals surface area contributed by atoms with Gasteiger partial charge in [-0.15, -0.1) is 5.10 Å². The summed E-state index contributed by atoms with van der Waals surface area (Å²) in [6, 6.07) is 7.27. The van der Waals surface area contributed by atoms with Crippen LogP contribution in [-0.4, -0.2) is 21.5 Å². The van der Waals surface area contributed by atoms with Crippen LogP contribution in [0.4, 0.5) is 0 Å². The van der Waals surface area contributed by atoms with Crippen molar-refractivity contribution in [2.75, 3.05) is 6.54 Å². The van der Waals surface area contributed by atoms with Gasteiger partial charge in [0.05, 0.1) is 5.39 Å². The Kier molecular flexibility index (Phi) is 3.95. The molecular formula is C14H20N4O. The third-order valence-corrected chi connectivity index (χ3v) is 3.41. The number of rotatable bonds is 5. The summed E-state index contributed by atoms with van der Waals surface area (Å²) in [4.78, 5) is 12.2. The Hall–Kier alpha value is -1.75. The minimum atomic E-state index is -0.0730. The van der Waals surface area contributed by atoms with Crippen molar-refractivity contribution in [3.63, 3.8) is 0 Å². The van der Waals surface area contributed by atoms with Crippen LogP contribution in [0.3, 0.4) is 0 Å². The van der Waals surface area contributed by atoms with Crippen LogP contribution in [-0.2, 0) is 6.54 Å². The van der Waals surface area contributed by atoms with Gasteiger partial charge in [-0.2, -0.15) is 0 Å². The van der Waals surface area contributed by atoms with Crippen LogP contribution in [0, 0.1) is 5.41 Å². The maximum absolute atomic E-state index is 12.2. The average molecular weight is 260 g/mol. The van der Waals surface area contributed by atoms with E-state index in [0.29, 0.717) is 24.0 Å². The van der Waals surface area contributed by atoms with Crippen LogP contribution in [0.15, 0.2) is 29.1 Å². The van der Waals surface area contributed by atoms with Crippen molar-refractivity contribution in [2.24, 2.45) is 11.1 Å². The zero-order chi connectivity index (χ0) is 13.9. The average Bonchev–Trinajstić information content (AvgIpc) is 2.42. The van der Waals surface area contributed by atoms with Crippen molar-refractivity contribution in [1.82, 2.24) is 15.0 Å². The smallest absolute Gasteiger partial charge is 0.277 e. The van der Waals surface area contributed by atoms with Crippen molar-refractivity contribution < 1.29 is 0 Å². The lowest BCUT2D eigenvalue weighted by atomic mass is 9.88. The van der Waals surface area contributed by atoms with Crippen LogP contribution in [0.25, 0.3) is 10.9 Å². The van der Waals surface area contributed by atoms with Gasteiger partial charge in [0.25, 0.3) is 5.56 Å². The lowest BCUT2D eigenvalue weighted by Gasteiger charge is -2.21. The number of nitrogens with zero attached hydrogens (tertiary/aromatic N) is 3. The molecule has 5 heteroatoms. The number of aryl methyl sites for hydroxylation is 1. The zero-order valence-corrected chi connectivity index (χ0v) is 11.5. The Balaban J connectivity index is 2.14. The number of hydrogen-bond donors (Lipinski definition) is 1. The summed E-state index contributed by atoms with van der Waals surface area (Å²) in [7, 11) is 0. The Bertz CT molecular complexity index is 618. The predicted octanol–water partition coefficient (Wildman–Crippen LogP) is 1.56. The largest absolute Gasteiger partial charge is 0.330 e. The summed E-state index contributed by atoms with van der Waals surface area (Å²) in [6.45, 7) is 5.48. The molecule has 1 aromatic carbocycles. The van der Waals surface area contributed by atoms with Crippen LogP contribution in [0.1, 0.15) is 26.7 Å². The molecular weight excluding hydrogens is 240 g/mol. The minimum absolute atomic E-state index is 0.0730. The number of benzene rings is 1. The van der Waals surface area contributed by atoms with Gasteiger partial charge in [-0.25, -0.2) is 4.68 Å². The molecule has 0 saturated carbocycles. The van der Waals surface area contributed by atoms with E-state index in [1.54, 1.807) is 12.1 Å². The van der Waals surface area contributed by atoms with Gasteiger partial charge >= 0.3 is 0 Å². The standard InChI is InChI=1S/C14H20N4O/c1-14(2,10-15)8-5-9-18-13(19)11-6-3-4-7-12(11)16-17-18/h3-4,6-7H,5,8-10,15H2,1-2H3. The second kappa shape index (κ2) is 5.48. The predicted molar refractivity (Wildman–Crippen MR) is 75.9 cm³/mol. The molecule has 0 bridgehead atoms. The minimum Gasteiger partial charge on any atom is -0.330 e. The molecule has 0 amide bonds. The van der Waals surface area contributed by atoms with Crippen LogP contribution < -0.4 is 11.3 Å². The van der Waals surface area contributed by atoms with Gasteiger partial charge in [0.2, 0.25) is 0 Å². The number of hydrogen-bond acceptors (Lipinski definition) is 4. The molecule has 2 N–H and O–H groups in total. The molecule has 0 aliphatic rings. The van der Waals surface area contributed by atoms with Gasteiger partial charge in [0.1, 0.15) is 5.52 Å². The molecule has 1 heterocycles. The SMILES string of the molecule is CC(C)(CN)CCCn1nnc2ccccc2c1=O. The summed E-state index contributed by atoms with van der Waals surface area (Å²) < 4.78 is 1.44. The molecule has 0 radical (unpaired) electrons. The highest BCUT2D eigenvalue weighted by Gasteiger charge is 2.15. The molecule has 0 spiro atoms. The van der Waals surface area contributed by atoms with E-state index >= 15 is 0 Å². The molecule has 5 nitrogen and oxygen atoms in total.